The van der Waals surface area contributed by atoms with Crippen molar-refractivity contribution in [3.8, 4) is 0 Å². The Balaban J connectivity index is 0.00000156. The highest BCUT2D eigenvalue weighted by atomic mass is 127. The lowest BCUT2D eigenvalue weighted by Crippen LogP contribution is -2.43. The normalized spacial score (nSPS) is 30.9. The van der Waals surface area contributed by atoms with E-state index in [4.69, 9.17) is 0 Å². The molecule has 2 heterocycles. The summed E-state index contributed by atoms with van der Waals surface area (Å²) in [6.45, 7) is 6.19. The van der Waals surface area contributed by atoms with Crippen molar-refractivity contribution in [2.75, 3.05) is 39.8 Å². The number of rotatable bonds is 3. The van der Waals surface area contributed by atoms with E-state index in [1.54, 1.807) is 0 Å². The van der Waals surface area contributed by atoms with E-state index in [2.05, 4.69) is 20.1 Å². The van der Waals surface area contributed by atoms with Crippen LogP contribution in [0, 0.1) is 11.3 Å². The quantitative estimate of drug-likeness (QED) is 0.423. The van der Waals surface area contributed by atoms with Gasteiger partial charge in [-0.15, -0.1) is 24.0 Å². The number of guanidine groups is 1. The van der Waals surface area contributed by atoms with E-state index in [1.165, 1.54) is 77.5 Å². The van der Waals surface area contributed by atoms with Crippen LogP contribution >= 0.6 is 24.0 Å². The summed E-state index contributed by atoms with van der Waals surface area (Å²) in [6, 6.07) is 0.935. The third-order valence-corrected chi connectivity index (χ3v) is 6.54. The molecule has 5 heteroatoms. The van der Waals surface area contributed by atoms with Gasteiger partial charge in [-0.05, 0) is 56.4 Å². The highest BCUT2D eigenvalue weighted by Crippen LogP contribution is 2.45. The molecule has 4 rings (SSSR count). The van der Waals surface area contributed by atoms with Crippen LogP contribution in [0.5, 0.6) is 0 Å². The SMILES string of the molecule is CN=C(NCC1CCN(C2CC2)C1)N1CCC2(CCCC2)C1.I. The van der Waals surface area contributed by atoms with Gasteiger partial charge in [0.25, 0.3) is 0 Å². The first-order valence-electron chi connectivity index (χ1n) is 9.48. The minimum Gasteiger partial charge on any atom is -0.356 e. The Labute approximate surface area is 158 Å². The van der Waals surface area contributed by atoms with Crippen molar-refractivity contribution < 1.29 is 0 Å². The Morgan fingerprint density at radius 3 is 2.61 bits per heavy atom. The van der Waals surface area contributed by atoms with Crippen LogP contribution in [0.4, 0.5) is 0 Å². The molecule has 0 radical (unpaired) electrons. The van der Waals surface area contributed by atoms with Crippen molar-refractivity contribution in [2.45, 2.75) is 57.4 Å². The van der Waals surface area contributed by atoms with E-state index in [-0.39, 0.29) is 24.0 Å². The largest absolute Gasteiger partial charge is 0.356 e. The fraction of sp³-hybridized carbons (Fsp3) is 0.944. The molecule has 0 bridgehead atoms. The summed E-state index contributed by atoms with van der Waals surface area (Å²) in [5.74, 6) is 1.98. The fourth-order valence-electron chi connectivity index (χ4n) is 5.02. The average Bonchev–Trinajstić information content (AvgIpc) is 2.97. The van der Waals surface area contributed by atoms with E-state index in [0.717, 1.165) is 24.5 Å². The molecule has 23 heavy (non-hydrogen) atoms. The van der Waals surface area contributed by atoms with Crippen LogP contribution in [0.25, 0.3) is 0 Å². The summed E-state index contributed by atoms with van der Waals surface area (Å²) >= 11 is 0. The maximum absolute atomic E-state index is 4.57. The monoisotopic (exact) mass is 432 g/mol. The first kappa shape index (κ1) is 17.8. The average molecular weight is 432 g/mol. The highest BCUT2D eigenvalue weighted by molar-refractivity contribution is 14.0. The Hall–Kier alpha value is -0.0400. The zero-order valence-corrected chi connectivity index (χ0v) is 16.9. The Morgan fingerprint density at radius 2 is 1.91 bits per heavy atom. The third kappa shape index (κ3) is 3.97. The number of nitrogens with one attached hydrogen (secondary N) is 1. The smallest absolute Gasteiger partial charge is 0.193 e. The number of aliphatic imine (C=N–C) groups is 1. The van der Waals surface area contributed by atoms with Crippen molar-refractivity contribution in [1.29, 1.82) is 0 Å². The van der Waals surface area contributed by atoms with Crippen molar-refractivity contribution >= 4 is 29.9 Å². The standard InChI is InChI=1S/C18H32N4.HI/c1-19-17(22-11-9-18(14-22)7-2-3-8-18)20-12-15-6-10-21(13-15)16-4-5-16;/h15-16H,2-14H2,1H3,(H,19,20);1H. The molecule has 0 aromatic carbocycles. The molecule has 1 atom stereocenters. The molecule has 0 aromatic rings. The molecule has 4 nitrogen and oxygen atoms in total. The van der Waals surface area contributed by atoms with Crippen molar-refractivity contribution in [3.63, 3.8) is 0 Å². The summed E-state index contributed by atoms with van der Waals surface area (Å²) in [7, 11) is 1.95. The summed E-state index contributed by atoms with van der Waals surface area (Å²) in [5.41, 5.74) is 0.633. The molecule has 2 aliphatic heterocycles. The lowest BCUT2D eigenvalue weighted by atomic mass is 9.86. The third-order valence-electron chi connectivity index (χ3n) is 6.54. The highest BCUT2D eigenvalue weighted by Gasteiger charge is 2.41. The van der Waals surface area contributed by atoms with Crippen LogP contribution in [0.2, 0.25) is 0 Å². The van der Waals surface area contributed by atoms with Crippen LogP contribution < -0.4 is 5.32 Å². The zero-order valence-electron chi connectivity index (χ0n) is 14.6. The van der Waals surface area contributed by atoms with Gasteiger partial charge in [-0.3, -0.25) is 4.99 Å². The van der Waals surface area contributed by atoms with E-state index in [9.17, 15) is 0 Å². The number of halogens is 1. The molecule has 0 amide bonds. The van der Waals surface area contributed by atoms with Crippen LogP contribution in [-0.4, -0.2) is 61.6 Å². The van der Waals surface area contributed by atoms with Crippen LogP contribution in [0.3, 0.4) is 0 Å². The van der Waals surface area contributed by atoms with Gasteiger partial charge in [0.05, 0.1) is 0 Å². The van der Waals surface area contributed by atoms with Gasteiger partial charge < -0.3 is 15.1 Å². The van der Waals surface area contributed by atoms with Gasteiger partial charge in [-0.2, -0.15) is 0 Å². The summed E-state index contributed by atoms with van der Waals surface area (Å²) in [6.07, 6.45) is 11.4. The number of hydrogen-bond donors (Lipinski definition) is 1. The first-order chi connectivity index (χ1) is 10.8. The minimum absolute atomic E-state index is 0. The van der Waals surface area contributed by atoms with Gasteiger partial charge in [0, 0.05) is 39.3 Å². The van der Waals surface area contributed by atoms with E-state index >= 15 is 0 Å². The van der Waals surface area contributed by atoms with Crippen molar-refractivity contribution in [1.82, 2.24) is 15.1 Å². The maximum Gasteiger partial charge on any atom is 0.193 e. The lowest BCUT2D eigenvalue weighted by molar-refractivity contribution is 0.305. The number of hydrogen-bond acceptors (Lipinski definition) is 2. The molecule has 132 valence electrons. The lowest BCUT2D eigenvalue weighted by Gasteiger charge is -2.26. The molecule has 1 unspecified atom stereocenters. The molecular formula is C18H33IN4. The van der Waals surface area contributed by atoms with Crippen molar-refractivity contribution in [3.05, 3.63) is 0 Å². The maximum atomic E-state index is 4.57. The van der Waals surface area contributed by atoms with Crippen LogP contribution in [-0.2, 0) is 0 Å². The summed E-state index contributed by atoms with van der Waals surface area (Å²) in [4.78, 5) is 9.80. The molecule has 1 N–H and O–H groups in total. The van der Waals surface area contributed by atoms with Crippen LogP contribution in [0.1, 0.15) is 51.4 Å². The van der Waals surface area contributed by atoms with Gasteiger partial charge in [-0.25, -0.2) is 0 Å². The molecular weight excluding hydrogens is 399 g/mol. The molecule has 1 spiro atoms. The van der Waals surface area contributed by atoms with E-state index in [0.29, 0.717) is 5.41 Å². The van der Waals surface area contributed by atoms with E-state index < -0.39 is 0 Å². The molecule has 2 saturated carbocycles. The number of likely N-dealkylation sites (tertiary alicyclic amines) is 2. The Bertz CT molecular complexity index is 429. The van der Waals surface area contributed by atoms with Gasteiger partial charge in [-0.1, -0.05) is 12.8 Å². The molecule has 0 aromatic heterocycles. The second-order valence-corrected chi connectivity index (χ2v) is 8.19. The predicted octanol–water partition coefficient (Wildman–Crippen LogP) is 2.93. The fourth-order valence-corrected chi connectivity index (χ4v) is 5.02. The topological polar surface area (TPSA) is 30.9 Å². The van der Waals surface area contributed by atoms with Gasteiger partial charge >= 0.3 is 0 Å². The molecule has 4 fully saturated rings. The first-order valence-corrected chi connectivity index (χ1v) is 9.48. The summed E-state index contributed by atoms with van der Waals surface area (Å²) < 4.78 is 0. The Morgan fingerprint density at radius 1 is 1.13 bits per heavy atom. The predicted molar refractivity (Wildman–Crippen MR) is 107 cm³/mol. The van der Waals surface area contributed by atoms with E-state index in [1.807, 2.05) is 7.05 Å². The summed E-state index contributed by atoms with van der Waals surface area (Å²) in [5, 5.41) is 3.69. The van der Waals surface area contributed by atoms with Gasteiger partial charge in [0.2, 0.25) is 0 Å². The molecule has 2 saturated heterocycles. The van der Waals surface area contributed by atoms with Crippen molar-refractivity contribution in [2.24, 2.45) is 16.3 Å². The second kappa shape index (κ2) is 7.46. The van der Waals surface area contributed by atoms with Crippen LogP contribution in [0.15, 0.2) is 4.99 Å². The molecule has 2 aliphatic carbocycles. The number of nitrogens with zero attached hydrogens (tertiary/aromatic N) is 3. The van der Waals surface area contributed by atoms with Gasteiger partial charge in [0.1, 0.15) is 0 Å². The minimum atomic E-state index is 0. The zero-order chi connectivity index (χ0) is 15.0. The second-order valence-electron chi connectivity index (χ2n) is 8.19. The Kier molecular flexibility index (Phi) is 5.76. The van der Waals surface area contributed by atoms with Gasteiger partial charge in [0.15, 0.2) is 5.96 Å². The molecule has 4 aliphatic rings.